The fourth-order valence-electron chi connectivity index (χ4n) is 9.88. The van der Waals surface area contributed by atoms with Crippen LogP contribution in [0.5, 0.6) is 11.5 Å². The maximum atomic E-state index is 13.9. The number of anilines is 1. The summed E-state index contributed by atoms with van der Waals surface area (Å²) < 4.78 is 41.3. The number of hydrogen-bond acceptors (Lipinski definition) is 10. The molecule has 1 saturated carbocycles. The van der Waals surface area contributed by atoms with Crippen LogP contribution in [0.15, 0.2) is 96.2 Å². The second-order valence-electron chi connectivity index (χ2n) is 16.9. The summed E-state index contributed by atoms with van der Waals surface area (Å²) in [6.45, 7) is 2.85. The molecule has 2 unspecified atom stereocenters. The number of pyridine rings is 1. The van der Waals surface area contributed by atoms with Gasteiger partial charge in [-0.25, -0.2) is 18.1 Å². The van der Waals surface area contributed by atoms with E-state index in [1.54, 1.807) is 36.2 Å². The Morgan fingerprint density at radius 1 is 0.951 bits per heavy atom. The number of H-pyrrole nitrogens is 1. The molecular formula is C47H52N6O7S. The Morgan fingerprint density at radius 3 is 2.56 bits per heavy atom. The number of sulfonamides is 1. The maximum absolute atomic E-state index is 13.9. The Balaban J connectivity index is 0.951. The molecule has 0 spiro atoms. The Bertz CT molecular complexity index is 2560. The third-order valence-electron chi connectivity index (χ3n) is 13.1. The number of carbonyl (C=O) groups is 1. The second kappa shape index (κ2) is 17.8. The number of fused-ring (bicyclic) bond motifs is 1. The molecule has 0 bridgehead atoms. The number of hydrogen-bond donors (Lipinski definition) is 3. The van der Waals surface area contributed by atoms with E-state index in [4.69, 9.17) is 9.47 Å². The monoisotopic (exact) mass is 844 g/mol. The van der Waals surface area contributed by atoms with Gasteiger partial charge in [-0.2, -0.15) is 0 Å². The van der Waals surface area contributed by atoms with Crippen LogP contribution in [-0.4, -0.2) is 66.5 Å². The zero-order chi connectivity index (χ0) is 41.9. The van der Waals surface area contributed by atoms with Crippen LogP contribution < -0.4 is 14.8 Å². The molecule has 2 aliphatic carbocycles. The first-order chi connectivity index (χ1) is 29.7. The third kappa shape index (κ3) is 8.93. The van der Waals surface area contributed by atoms with E-state index in [0.29, 0.717) is 49.2 Å². The van der Waals surface area contributed by atoms with Gasteiger partial charge in [0.2, 0.25) is 0 Å². The highest BCUT2D eigenvalue weighted by atomic mass is 32.2. The van der Waals surface area contributed by atoms with Crippen molar-refractivity contribution >= 4 is 43.9 Å². The summed E-state index contributed by atoms with van der Waals surface area (Å²) >= 11 is 0. The maximum Gasteiger partial charge on any atom is 0.293 e. The molecule has 5 aromatic rings. The van der Waals surface area contributed by atoms with Gasteiger partial charge in [-0.1, -0.05) is 49.2 Å². The average molecular weight is 845 g/mol. The van der Waals surface area contributed by atoms with E-state index in [2.05, 4.69) is 55.2 Å². The summed E-state index contributed by atoms with van der Waals surface area (Å²) in [7, 11) is -4.54. The fourth-order valence-corrected chi connectivity index (χ4v) is 10.9. The summed E-state index contributed by atoms with van der Waals surface area (Å²) in [5.74, 6) is 0.546. The number of ether oxygens (including phenoxy) is 2. The summed E-state index contributed by atoms with van der Waals surface area (Å²) in [5.41, 5.74) is 5.55. The van der Waals surface area contributed by atoms with Crippen LogP contribution in [0.3, 0.4) is 0 Å². The van der Waals surface area contributed by atoms with Crippen LogP contribution in [0.4, 0.5) is 11.4 Å². The predicted octanol–water partition coefficient (Wildman–Crippen LogP) is 9.65. The summed E-state index contributed by atoms with van der Waals surface area (Å²) in [5, 5.41) is 16.0. The van der Waals surface area contributed by atoms with Gasteiger partial charge >= 0.3 is 0 Å². The molecule has 9 rings (SSSR count). The number of nitrogens with zero attached hydrogens (tertiary/aromatic N) is 3. The molecular weight excluding hydrogens is 793 g/mol. The number of nitro benzene ring substituents is 1. The van der Waals surface area contributed by atoms with E-state index in [0.717, 1.165) is 61.2 Å². The number of nitro groups is 1. The molecule has 61 heavy (non-hydrogen) atoms. The largest absolute Gasteiger partial charge is 0.455 e. The molecule has 2 aliphatic heterocycles. The van der Waals surface area contributed by atoms with Crippen molar-refractivity contribution in [2.24, 2.45) is 5.92 Å². The molecule has 3 aromatic carbocycles. The van der Waals surface area contributed by atoms with Gasteiger partial charge < -0.3 is 19.8 Å². The zero-order valence-electron chi connectivity index (χ0n) is 34.2. The van der Waals surface area contributed by atoms with E-state index in [1.165, 1.54) is 56.2 Å². The molecule has 2 atom stereocenters. The standard InChI is InChI=1S/C47H52N6O7S/c54-47(51-61(57,58)38-16-18-42(44(28-38)53(55)56)49-29-31-20-24-59-25-21-31)41-17-13-34(27-45(41)60-37-26-35-19-22-48-46(35)50-30-37)32-11-14-36(15-12-32)52-23-5-10-43(52)40-9-4-3-8-39(40)33-6-1-2-7-33/h3-4,8-9,11,13,16-19,22,26-28,30-31,33,36,43,49H,1-2,5-7,10,12,14-15,20-21,23-25,29H2,(H,48,50)(H,51,54). The average Bonchev–Trinajstić information content (AvgIpc) is 4.09. The highest BCUT2D eigenvalue weighted by Gasteiger charge is 2.35. The summed E-state index contributed by atoms with van der Waals surface area (Å²) in [6, 6.07) is 22.4. The van der Waals surface area contributed by atoms with Crippen LogP contribution in [-0.2, 0) is 14.8 Å². The number of allylic oxidation sites excluding steroid dienone is 1. The first kappa shape index (κ1) is 40.8. The van der Waals surface area contributed by atoms with Gasteiger partial charge in [0.25, 0.3) is 21.6 Å². The van der Waals surface area contributed by atoms with Crippen LogP contribution in [0.25, 0.3) is 16.6 Å². The van der Waals surface area contributed by atoms with Crippen molar-refractivity contribution < 1.29 is 27.6 Å². The van der Waals surface area contributed by atoms with Crippen LogP contribution in [0.1, 0.15) is 110 Å². The molecule has 2 aromatic heterocycles. The molecule has 0 radical (unpaired) electrons. The highest BCUT2D eigenvalue weighted by molar-refractivity contribution is 7.90. The number of benzene rings is 3. The lowest BCUT2D eigenvalue weighted by Crippen LogP contribution is -2.36. The zero-order valence-corrected chi connectivity index (χ0v) is 35.0. The molecule has 318 valence electrons. The number of carbonyl (C=O) groups excluding carboxylic acids is 1. The Hall–Kier alpha value is -5.57. The topological polar surface area (TPSA) is 169 Å². The van der Waals surface area contributed by atoms with Crippen LogP contribution in [0.2, 0.25) is 0 Å². The van der Waals surface area contributed by atoms with Crippen molar-refractivity contribution in [1.29, 1.82) is 0 Å². The lowest BCUT2D eigenvalue weighted by atomic mass is 9.86. The molecule has 14 heteroatoms. The van der Waals surface area contributed by atoms with E-state index >= 15 is 0 Å². The second-order valence-corrected chi connectivity index (χ2v) is 18.6. The molecule has 3 fully saturated rings. The minimum atomic E-state index is -4.54. The molecule has 3 N–H and O–H groups in total. The van der Waals surface area contributed by atoms with Crippen LogP contribution >= 0.6 is 0 Å². The smallest absolute Gasteiger partial charge is 0.293 e. The highest BCUT2D eigenvalue weighted by Crippen LogP contribution is 2.44. The molecule has 4 heterocycles. The van der Waals surface area contributed by atoms with E-state index in [1.807, 2.05) is 12.1 Å². The predicted molar refractivity (Wildman–Crippen MR) is 234 cm³/mol. The van der Waals surface area contributed by atoms with Gasteiger partial charge in [-0.3, -0.25) is 19.8 Å². The summed E-state index contributed by atoms with van der Waals surface area (Å²) in [6.07, 6.45) is 17.6. The number of nitrogens with one attached hydrogen (secondary N) is 3. The summed E-state index contributed by atoms with van der Waals surface area (Å²) in [4.78, 5) is 35.2. The van der Waals surface area contributed by atoms with Gasteiger partial charge in [0.05, 0.1) is 21.6 Å². The van der Waals surface area contributed by atoms with Crippen molar-refractivity contribution in [1.82, 2.24) is 19.6 Å². The van der Waals surface area contributed by atoms with Crippen molar-refractivity contribution in [3.8, 4) is 11.5 Å². The number of amides is 1. The molecule has 2 saturated heterocycles. The quantitative estimate of drug-likeness (QED) is 0.0767. The van der Waals surface area contributed by atoms with E-state index in [-0.39, 0.29) is 22.9 Å². The van der Waals surface area contributed by atoms with Crippen molar-refractivity contribution in [3.63, 3.8) is 0 Å². The number of likely N-dealkylation sites (tertiary alicyclic amines) is 1. The first-order valence-corrected chi connectivity index (χ1v) is 23.1. The minimum Gasteiger partial charge on any atom is -0.455 e. The number of aromatic amines is 1. The first-order valence-electron chi connectivity index (χ1n) is 21.7. The third-order valence-corrected chi connectivity index (χ3v) is 14.5. The Morgan fingerprint density at radius 2 is 1.77 bits per heavy atom. The lowest BCUT2D eigenvalue weighted by molar-refractivity contribution is -0.384. The van der Waals surface area contributed by atoms with Gasteiger partial charge in [-0.05, 0) is 135 Å². The van der Waals surface area contributed by atoms with Gasteiger partial charge in [0.1, 0.15) is 22.8 Å². The molecule has 4 aliphatic rings. The fraction of sp³-hybridized carbons (Fsp3) is 0.404. The number of rotatable bonds is 13. The van der Waals surface area contributed by atoms with Crippen molar-refractivity contribution in [2.75, 3.05) is 31.6 Å². The normalized spacial score (nSPS) is 20.4. The minimum absolute atomic E-state index is 0.0131. The molecule has 1 amide bonds. The Kier molecular flexibility index (Phi) is 11.9. The van der Waals surface area contributed by atoms with Gasteiger partial charge in [0.15, 0.2) is 0 Å². The van der Waals surface area contributed by atoms with E-state index in [9.17, 15) is 23.3 Å². The van der Waals surface area contributed by atoms with Crippen molar-refractivity contribution in [2.45, 2.75) is 93.5 Å². The number of aromatic nitrogens is 2. The van der Waals surface area contributed by atoms with Gasteiger partial charge in [-0.15, -0.1) is 0 Å². The van der Waals surface area contributed by atoms with Gasteiger partial charge in [0, 0.05) is 49.5 Å². The Labute approximate surface area is 356 Å². The van der Waals surface area contributed by atoms with Crippen LogP contribution in [0, 0.1) is 16.0 Å². The SMILES string of the molecule is O=C(NS(=O)(=O)c1ccc(NCC2CCOCC2)c([N+](=O)[O-])c1)c1ccc(C2=CCC(N3CCCC3c3ccccc3C3CCCC3)CC2)cc1Oc1cnc2[nH]ccc2c1. The van der Waals surface area contributed by atoms with Crippen molar-refractivity contribution in [3.05, 3.63) is 124 Å². The molecule has 13 nitrogen and oxygen atoms in total. The lowest BCUT2D eigenvalue weighted by Gasteiger charge is -2.36. The van der Waals surface area contributed by atoms with E-state index < -0.39 is 31.4 Å².